The predicted octanol–water partition coefficient (Wildman–Crippen LogP) is 5.94. The van der Waals surface area contributed by atoms with Crippen molar-refractivity contribution in [3.05, 3.63) is 75.8 Å². The number of carbonyl (C=O) groups is 2. The Balaban J connectivity index is 0.000000566. The molecule has 238 valence electrons. The second kappa shape index (κ2) is 13.6. The number of carboxylic acids is 1. The minimum Gasteiger partial charge on any atom is -0.475 e. The standard InChI is InChI=1S/C28H32ClF2N5O.C2HF3O2/c1-16-12-21(5-7-25(16)29)36-27(33-17(2)34-36)18-8-10-35(11-9-18)28(37)24-15-20(32-3)14-23(24)22-6-4-19(30)13-26(22)31;3-2(4,5)1(6)7/h4-7,12-13,18,20,23-24,32H,8-11,14-15H2,1-3H3;(H,6,7)/t20?,23-,24+;/m0./s1. The number of hydrogen-bond donors (Lipinski definition) is 2. The van der Waals surface area contributed by atoms with Crippen LogP contribution in [0.25, 0.3) is 5.69 Å². The SMILES string of the molecule is CNC1C[C@@H](C(=O)N2CCC(c3nc(C)nn3-c3ccc(Cl)c(C)c3)CC2)[C@H](c2ccc(F)cc2F)C1.O=C(O)C(F)(F)F. The van der Waals surface area contributed by atoms with Gasteiger partial charge in [-0.25, -0.2) is 23.2 Å². The Labute approximate surface area is 256 Å². The fourth-order valence-corrected chi connectivity index (χ4v) is 6.05. The van der Waals surface area contributed by atoms with Gasteiger partial charge in [-0.1, -0.05) is 17.7 Å². The largest absolute Gasteiger partial charge is 0.490 e. The molecule has 1 aliphatic carbocycles. The number of halogens is 6. The topological polar surface area (TPSA) is 100 Å². The number of hydrogen-bond acceptors (Lipinski definition) is 5. The van der Waals surface area contributed by atoms with Crippen LogP contribution in [0.3, 0.4) is 0 Å². The van der Waals surface area contributed by atoms with Crippen LogP contribution in [0.15, 0.2) is 36.4 Å². The van der Waals surface area contributed by atoms with Gasteiger partial charge in [0, 0.05) is 42.1 Å². The highest BCUT2D eigenvalue weighted by atomic mass is 35.5. The maximum absolute atomic E-state index is 14.7. The zero-order valence-corrected chi connectivity index (χ0v) is 25.1. The van der Waals surface area contributed by atoms with Gasteiger partial charge >= 0.3 is 12.1 Å². The summed E-state index contributed by atoms with van der Waals surface area (Å²) in [5.74, 6) is -2.73. The van der Waals surface area contributed by atoms with E-state index >= 15 is 0 Å². The smallest absolute Gasteiger partial charge is 0.475 e. The van der Waals surface area contributed by atoms with E-state index in [1.807, 2.05) is 48.7 Å². The van der Waals surface area contributed by atoms with E-state index in [1.54, 1.807) is 0 Å². The van der Waals surface area contributed by atoms with Gasteiger partial charge in [-0.3, -0.25) is 4.79 Å². The molecule has 0 bridgehead atoms. The molecule has 2 heterocycles. The molecule has 2 aromatic carbocycles. The van der Waals surface area contributed by atoms with Crippen molar-refractivity contribution in [1.82, 2.24) is 25.0 Å². The molecule has 3 atom stereocenters. The fraction of sp³-hybridized carbons (Fsp3) is 0.467. The van der Waals surface area contributed by atoms with Gasteiger partial charge < -0.3 is 15.3 Å². The van der Waals surface area contributed by atoms with Crippen LogP contribution in [0, 0.1) is 31.4 Å². The van der Waals surface area contributed by atoms with Gasteiger partial charge in [-0.05, 0) is 87.9 Å². The Kier molecular flexibility index (Phi) is 10.3. The summed E-state index contributed by atoms with van der Waals surface area (Å²) in [7, 11) is 1.86. The Hall–Kier alpha value is -3.58. The number of aliphatic carboxylic acids is 1. The van der Waals surface area contributed by atoms with Gasteiger partial charge in [-0.2, -0.15) is 18.3 Å². The molecule has 1 unspecified atom stereocenters. The lowest BCUT2D eigenvalue weighted by Gasteiger charge is -2.34. The van der Waals surface area contributed by atoms with Crippen LogP contribution >= 0.6 is 11.6 Å². The number of nitrogens with zero attached hydrogens (tertiary/aromatic N) is 4. The van der Waals surface area contributed by atoms with Crippen LogP contribution in [0.4, 0.5) is 22.0 Å². The fourth-order valence-electron chi connectivity index (χ4n) is 5.93. The zero-order valence-electron chi connectivity index (χ0n) is 24.3. The molecule has 1 aromatic heterocycles. The number of benzene rings is 2. The van der Waals surface area contributed by atoms with Crippen LogP contribution < -0.4 is 5.32 Å². The number of aryl methyl sites for hydroxylation is 2. The minimum absolute atomic E-state index is 0.0518. The summed E-state index contributed by atoms with van der Waals surface area (Å²) < 4.78 is 61.8. The Morgan fingerprint density at radius 2 is 1.70 bits per heavy atom. The van der Waals surface area contributed by atoms with Crippen molar-refractivity contribution in [3.63, 3.8) is 0 Å². The highest BCUT2D eigenvalue weighted by molar-refractivity contribution is 6.31. The molecule has 2 fully saturated rings. The number of rotatable bonds is 5. The lowest BCUT2D eigenvalue weighted by molar-refractivity contribution is -0.192. The predicted molar refractivity (Wildman–Crippen MR) is 153 cm³/mol. The third kappa shape index (κ3) is 7.55. The van der Waals surface area contributed by atoms with Crippen molar-refractivity contribution < 1.29 is 36.6 Å². The van der Waals surface area contributed by atoms with Gasteiger partial charge in [0.1, 0.15) is 23.3 Å². The summed E-state index contributed by atoms with van der Waals surface area (Å²) in [5.41, 5.74) is 2.32. The highest BCUT2D eigenvalue weighted by Gasteiger charge is 2.43. The first kappa shape index (κ1) is 33.3. The van der Waals surface area contributed by atoms with E-state index < -0.39 is 23.8 Å². The second-order valence-corrected chi connectivity index (χ2v) is 11.5. The maximum Gasteiger partial charge on any atom is 0.490 e. The maximum atomic E-state index is 14.7. The van der Waals surface area contributed by atoms with Gasteiger partial charge in [0.05, 0.1) is 5.69 Å². The van der Waals surface area contributed by atoms with Crippen LogP contribution in [0.5, 0.6) is 0 Å². The summed E-state index contributed by atoms with van der Waals surface area (Å²) in [6.45, 7) is 5.06. The van der Waals surface area contributed by atoms with Crippen molar-refractivity contribution in [2.45, 2.75) is 63.6 Å². The number of alkyl halides is 3. The molecule has 1 amide bonds. The molecule has 0 spiro atoms. The zero-order chi connectivity index (χ0) is 32.3. The molecule has 14 heteroatoms. The third-order valence-electron chi connectivity index (χ3n) is 8.19. The van der Waals surface area contributed by atoms with Gasteiger partial charge in [0.2, 0.25) is 5.91 Å². The van der Waals surface area contributed by atoms with Crippen molar-refractivity contribution in [3.8, 4) is 5.69 Å². The molecule has 8 nitrogen and oxygen atoms in total. The first-order chi connectivity index (χ1) is 20.7. The first-order valence-corrected chi connectivity index (χ1v) is 14.5. The number of amides is 1. The van der Waals surface area contributed by atoms with E-state index in [0.717, 1.165) is 36.0 Å². The average Bonchev–Trinajstić information content (AvgIpc) is 3.58. The van der Waals surface area contributed by atoms with E-state index in [1.165, 1.54) is 12.1 Å². The third-order valence-corrected chi connectivity index (χ3v) is 8.61. The molecule has 1 aliphatic heterocycles. The molecule has 44 heavy (non-hydrogen) atoms. The van der Waals surface area contributed by atoms with Crippen molar-refractivity contribution in [2.75, 3.05) is 20.1 Å². The monoisotopic (exact) mass is 641 g/mol. The lowest BCUT2D eigenvalue weighted by Crippen LogP contribution is -2.42. The van der Waals surface area contributed by atoms with Gasteiger partial charge in [0.25, 0.3) is 0 Å². The number of carbonyl (C=O) groups excluding carboxylic acids is 1. The molecule has 0 radical (unpaired) electrons. The van der Waals surface area contributed by atoms with Crippen LogP contribution in [0.1, 0.15) is 60.3 Å². The van der Waals surface area contributed by atoms with Crippen molar-refractivity contribution in [2.24, 2.45) is 5.92 Å². The normalized spacial score (nSPS) is 20.8. The van der Waals surface area contributed by atoms with Crippen molar-refractivity contribution in [1.29, 1.82) is 0 Å². The van der Waals surface area contributed by atoms with Gasteiger partial charge in [-0.15, -0.1) is 0 Å². The molecule has 2 N–H and O–H groups in total. The van der Waals surface area contributed by atoms with E-state index in [0.29, 0.717) is 42.3 Å². The second-order valence-electron chi connectivity index (χ2n) is 11.1. The lowest BCUT2D eigenvalue weighted by atomic mass is 9.86. The molecular formula is C30H33ClF5N5O3. The number of aromatic nitrogens is 3. The molecule has 3 aromatic rings. The van der Waals surface area contributed by atoms with Crippen LogP contribution in [-0.2, 0) is 9.59 Å². The van der Waals surface area contributed by atoms with E-state index in [2.05, 4.69) is 10.4 Å². The Morgan fingerprint density at radius 3 is 2.27 bits per heavy atom. The molecular weight excluding hydrogens is 609 g/mol. The van der Waals surface area contributed by atoms with Crippen molar-refractivity contribution >= 4 is 23.5 Å². The summed E-state index contributed by atoms with van der Waals surface area (Å²) >= 11 is 6.22. The average molecular weight is 642 g/mol. The summed E-state index contributed by atoms with van der Waals surface area (Å²) in [5, 5.41) is 15.7. The molecule has 5 rings (SSSR count). The Morgan fingerprint density at radius 1 is 1.05 bits per heavy atom. The van der Waals surface area contributed by atoms with E-state index in [4.69, 9.17) is 26.5 Å². The number of piperidine rings is 1. The molecule has 2 aliphatic rings. The number of likely N-dealkylation sites (tertiary alicyclic amines) is 1. The van der Waals surface area contributed by atoms with E-state index in [-0.39, 0.29) is 29.7 Å². The Bertz CT molecular complexity index is 1510. The quantitative estimate of drug-likeness (QED) is 0.335. The first-order valence-electron chi connectivity index (χ1n) is 14.1. The molecule has 1 saturated carbocycles. The number of nitrogens with one attached hydrogen (secondary N) is 1. The summed E-state index contributed by atoms with van der Waals surface area (Å²) in [4.78, 5) is 29.2. The van der Waals surface area contributed by atoms with Crippen LogP contribution in [-0.4, -0.2) is 69.0 Å². The highest BCUT2D eigenvalue weighted by Crippen LogP contribution is 2.42. The minimum atomic E-state index is -5.08. The van der Waals surface area contributed by atoms with E-state index in [9.17, 15) is 26.7 Å². The summed E-state index contributed by atoms with van der Waals surface area (Å²) in [6.07, 6.45) is -2.25. The molecule has 1 saturated heterocycles. The van der Waals surface area contributed by atoms with Crippen LogP contribution in [0.2, 0.25) is 5.02 Å². The summed E-state index contributed by atoms with van der Waals surface area (Å²) in [6, 6.07) is 9.62. The van der Waals surface area contributed by atoms with Gasteiger partial charge in [0.15, 0.2) is 0 Å². The number of carboxylic acid groups (broad SMARTS) is 1.